The zero-order valence-electron chi connectivity index (χ0n) is 11.4. The minimum absolute atomic E-state index is 0.00945. The number of hydrogen-bond donors (Lipinski definition) is 1. The second-order valence-corrected chi connectivity index (χ2v) is 5.35. The van der Waals surface area contributed by atoms with E-state index in [4.69, 9.17) is 14.0 Å². The highest BCUT2D eigenvalue weighted by molar-refractivity contribution is 5.10. The molecule has 1 aromatic rings. The molecule has 0 spiro atoms. The molecule has 2 saturated heterocycles. The van der Waals surface area contributed by atoms with Crippen LogP contribution in [0, 0.1) is 0 Å². The minimum Gasteiger partial charge on any atom is -0.376 e. The lowest BCUT2D eigenvalue weighted by Gasteiger charge is -2.23. The maximum absolute atomic E-state index is 5.61. The van der Waals surface area contributed by atoms with Crippen LogP contribution in [0.5, 0.6) is 0 Å². The smallest absolute Gasteiger partial charge is 0.234 e. The fourth-order valence-corrected chi connectivity index (χ4v) is 2.94. The molecule has 0 saturated carbocycles. The van der Waals surface area contributed by atoms with Crippen LogP contribution in [-0.2, 0) is 14.9 Å². The summed E-state index contributed by atoms with van der Waals surface area (Å²) in [5.41, 5.74) is 0.00945. The molecule has 1 N–H and O–H groups in total. The van der Waals surface area contributed by atoms with Crippen molar-refractivity contribution < 1.29 is 14.0 Å². The third kappa shape index (κ3) is 2.52. The standard InChI is InChI=1S/C13H21N3O3/c1-2-3-13(4-5-14-9-13)12-15-11(16-19-12)10-8-17-6-7-18-10/h10,14H,2-9H2,1H3. The molecule has 19 heavy (non-hydrogen) atoms. The Labute approximate surface area is 112 Å². The summed E-state index contributed by atoms with van der Waals surface area (Å²) in [5.74, 6) is 1.38. The van der Waals surface area contributed by atoms with Gasteiger partial charge in [0.15, 0.2) is 0 Å². The Morgan fingerprint density at radius 1 is 1.42 bits per heavy atom. The van der Waals surface area contributed by atoms with E-state index in [0.717, 1.165) is 38.2 Å². The molecule has 6 heteroatoms. The van der Waals surface area contributed by atoms with Gasteiger partial charge in [-0.15, -0.1) is 0 Å². The van der Waals surface area contributed by atoms with Gasteiger partial charge in [-0.2, -0.15) is 4.98 Å². The Kier molecular flexibility index (Phi) is 3.81. The molecule has 1 aromatic heterocycles. The largest absolute Gasteiger partial charge is 0.376 e. The van der Waals surface area contributed by atoms with Crippen molar-refractivity contribution in [1.29, 1.82) is 0 Å². The molecule has 3 heterocycles. The van der Waals surface area contributed by atoms with Crippen LogP contribution in [-0.4, -0.2) is 43.1 Å². The van der Waals surface area contributed by atoms with Gasteiger partial charge in [-0.25, -0.2) is 0 Å². The summed E-state index contributed by atoms with van der Waals surface area (Å²) in [6.07, 6.45) is 3.07. The van der Waals surface area contributed by atoms with Gasteiger partial charge in [-0.3, -0.25) is 0 Å². The number of nitrogens with zero attached hydrogens (tertiary/aromatic N) is 2. The summed E-state index contributed by atoms with van der Waals surface area (Å²) in [4.78, 5) is 4.58. The average molecular weight is 267 g/mol. The van der Waals surface area contributed by atoms with Crippen LogP contribution in [0.3, 0.4) is 0 Å². The van der Waals surface area contributed by atoms with Crippen molar-refractivity contribution >= 4 is 0 Å². The van der Waals surface area contributed by atoms with E-state index in [2.05, 4.69) is 22.4 Å². The van der Waals surface area contributed by atoms with Crippen molar-refractivity contribution in [3.8, 4) is 0 Å². The van der Waals surface area contributed by atoms with Gasteiger partial charge in [0.05, 0.1) is 25.2 Å². The van der Waals surface area contributed by atoms with Gasteiger partial charge in [-0.1, -0.05) is 18.5 Å². The van der Waals surface area contributed by atoms with Crippen LogP contribution in [0.4, 0.5) is 0 Å². The predicted octanol–water partition coefficient (Wildman–Crippen LogP) is 1.19. The summed E-state index contributed by atoms with van der Waals surface area (Å²) in [5, 5.41) is 7.49. The van der Waals surface area contributed by atoms with E-state index >= 15 is 0 Å². The normalized spacial score (nSPS) is 31.7. The SMILES string of the molecule is CCCC1(c2nc(C3COCCO3)no2)CCNC1. The number of aromatic nitrogens is 2. The molecule has 0 radical (unpaired) electrons. The first-order valence-corrected chi connectivity index (χ1v) is 7.08. The number of nitrogens with one attached hydrogen (secondary N) is 1. The molecule has 0 aromatic carbocycles. The second-order valence-electron chi connectivity index (χ2n) is 5.35. The fourth-order valence-electron chi connectivity index (χ4n) is 2.94. The van der Waals surface area contributed by atoms with Gasteiger partial charge in [0.25, 0.3) is 0 Å². The molecule has 0 amide bonds. The summed E-state index contributed by atoms with van der Waals surface area (Å²) < 4.78 is 16.5. The summed E-state index contributed by atoms with van der Waals surface area (Å²) in [6.45, 7) is 5.87. The van der Waals surface area contributed by atoms with Crippen molar-refractivity contribution in [3.05, 3.63) is 11.7 Å². The van der Waals surface area contributed by atoms with Crippen LogP contribution < -0.4 is 5.32 Å². The summed E-state index contributed by atoms with van der Waals surface area (Å²) >= 11 is 0. The van der Waals surface area contributed by atoms with Crippen molar-refractivity contribution in [2.75, 3.05) is 32.9 Å². The van der Waals surface area contributed by atoms with Crippen LogP contribution >= 0.6 is 0 Å². The Morgan fingerprint density at radius 2 is 2.37 bits per heavy atom. The van der Waals surface area contributed by atoms with Crippen molar-refractivity contribution in [1.82, 2.24) is 15.5 Å². The second kappa shape index (κ2) is 5.56. The molecule has 106 valence electrons. The highest BCUT2D eigenvalue weighted by Crippen LogP contribution is 2.35. The van der Waals surface area contributed by atoms with Gasteiger partial charge in [0.2, 0.25) is 11.7 Å². The van der Waals surface area contributed by atoms with Gasteiger partial charge in [0.1, 0.15) is 6.10 Å². The summed E-state index contributed by atoms with van der Waals surface area (Å²) in [6, 6.07) is 0. The van der Waals surface area contributed by atoms with Crippen LogP contribution in [0.15, 0.2) is 4.52 Å². The van der Waals surface area contributed by atoms with E-state index in [1.54, 1.807) is 0 Å². The van der Waals surface area contributed by atoms with Crippen molar-refractivity contribution in [2.24, 2.45) is 0 Å². The van der Waals surface area contributed by atoms with E-state index in [-0.39, 0.29) is 11.5 Å². The molecular formula is C13H21N3O3. The quantitative estimate of drug-likeness (QED) is 0.883. The Balaban J connectivity index is 1.79. The molecule has 0 bridgehead atoms. The Morgan fingerprint density at radius 3 is 3.05 bits per heavy atom. The molecule has 6 nitrogen and oxygen atoms in total. The molecule has 2 aliphatic rings. The van der Waals surface area contributed by atoms with Crippen LogP contribution in [0.2, 0.25) is 0 Å². The maximum Gasteiger partial charge on any atom is 0.234 e. The minimum atomic E-state index is -0.181. The lowest BCUT2D eigenvalue weighted by atomic mass is 9.82. The fraction of sp³-hybridized carbons (Fsp3) is 0.846. The molecular weight excluding hydrogens is 246 g/mol. The van der Waals surface area contributed by atoms with Crippen LogP contribution in [0.25, 0.3) is 0 Å². The monoisotopic (exact) mass is 267 g/mol. The van der Waals surface area contributed by atoms with E-state index in [1.165, 1.54) is 0 Å². The number of rotatable bonds is 4. The zero-order chi connectivity index (χ0) is 13.1. The topological polar surface area (TPSA) is 69.4 Å². The molecule has 3 rings (SSSR count). The van der Waals surface area contributed by atoms with E-state index in [9.17, 15) is 0 Å². The zero-order valence-corrected chi connectivity index (χ0v) is 11.4. The predicted molar refractivity (Wildman–Crippen MR) is 67.9 cm³/mol. The van der Waals surface area contributed by atoms with Gasteiger partial charge in [0, 0.05) is 6.54 Å². The van der Waals surface area contributed by atoms with Gasteiger partial charge < -0.3 is 19.3 Å². The van der Waals surface area contributed by atoms with Gasteiger partial charge in [-0.05, 0) is 19.4 Å². The molecule has 0 aliphatic carbocycles. The first-order chi connectivity index (χ1) is 9.34. The first-order valence-electron chi connectivity index (χ1n) is 7.08. The Hall–Kier alpha value is -0.980. The Bertz CT molecular complexity index is 409. The molecule has 2 fully saturated rings. The van der Waals surface area contributed by atoms with Crippen molar-refractivity contribution in [3.63, 3.8) is 0 Å². The number of ether oxygens (including phenoxy) is 2. The van der Waals surface area contributed by atoms with Crippen molar-refractivity contribution in [2.45, 2.75) is 37.7 Å². The molecule has 2 unspecified atom stereocenters. The lowest BCUT2D eigenvalue weighted by Crippen LogP contribution is -2.29. The van der Waals surface area contributed by atoms with E-state index in [1.807, 2.05) is 0 Å². The summed E-state index contributed by atoms with van der Waals surface area (Å²) in [7, 11) is 0. The first kappa shape index (κ1) is 13.0. The third-order valence-electron chi connectivity index (χ3n) is 3.97. The highest BCUT2D eigenvalue weighted by atomic mass is 16.6. The maximum atomic E-state index is 5.61. The highest BCUT2D eigenvalue weighted by Gasteiger charge is 2.40. The molecule has 2 atom stereocenters. The number of hydrogen-bond acceptors (Lipinski definition) is 6. The third-order valence-corrected chi connectivity index (χ3v) is 3.97. The van der Waals surface area contributed by atoms with Gasteiger partial charge >= 0.3 is 0 Å². The molecule has 2 aliphatic heterocycles. The van der Waals surface area contributed by atoms with Crippen LogP contribution in [0.1, 0.15) is 44.0 Å². The van der Waals surface area contributed by atoms with E-state index in [0.29, 0.717) is 25.6 Å². The average Bonchev–Trinajstić information content (AvgIpc) is 3.09. The van der Waals surface area contributed by atoms with E-state index < -0.39 is 0 Å². The lowest BCUT2D eigenvalue weighted by molar-refractivity contribution is -0.0941.